The van der Waals surface area contributed by atoms with Crippen LogP contribution >= 0.6 is 11.3 Å². The normalized spacial score (nSPS) is 18.8. The van der Waals surface area contributed by atoms with Crippen LogP contribution in [0.3, 0.4) is 0 Å². The molecule has 142 valence electrons. The molecule has 1 saturated heterocycles. The first-order valence-electron chi connectivity index (χ1n) is 8.55. The summed E-state index contributed by atoms with van der Waals surface area (Å²) in [4.78, 5) is 37.0. The van der Waals surface area contributed by atoms with Gasteiger partial charge in [0.25, 0.3) is 11.8 Å². The van der Waals surface area contributed by atoms with Gasteiger partial charge < -0.3 is 10.6 Å². The fourth-order valence-electron chi connectivity index (χ4n) is 3.14. The highest BCUT2D eigenvalue weighted by Crippen LogP contribution is 2.27. The molecule has 6 nitrogen and oxygen atoms in total. The van der Waals surface area contributed by atoms with Crippen molar-refractivity contribution in [2.75, 3.05) is 0 Å². The first kappa shape index (κ1) is 18.1. The molecule has 8 heteroatoms. The van der Waals surface area contributed by atoms with Gasteiger partial charge in [-0.15, -0.1) is 11.3 Å². The molecule has 3 aromatic rings. The lowest BCUT2D eigenvalue weighted by Gasteiger charge is -2.21. The summed E-state index contributed by atoms with van der Waals surface area (Å²) >= 11 is 1.48. The number of fused-ring (bicyclic) bond motifs is 1. The fourth-order valence-corrected chi connectivity index (χ4v) is 4.13. The summed E-state index contributed by atoms with van der Waals surface area (Å²) in [6, 6.07) is 12.4. The first-order valence-corrected chi connectivity index (χ1v) is 9.37. The molecular weight excluding hydrogens is 381 g/mol. The Morgan fingerprint density at radius 1 is 1.18 bits per heavy atom. The van der Waals surface area contributed by atoms with Crippen LogP contribution in [0.15, 0.2) is 48.5 Å². The Morgan fingerprint density at radius 3 is 2.75 bits per heavy atom. The van der Waals surface area contributed by atoms with Crippen LogP contribution in [-0.2, 0) is 16.9 Å². The van der Waals surface area contributed by atoms with Crippen molar-refractivity contribution in [2.45, 2.75) is 19.0 Å². The zero-order valence-corrected chi connectivity index (χ0v) is 15.7. The van der Waals surface area contributed by atoms with E-state index in [1.807, 2.05) is 6.07 Å². The average Bonchev–Trinajstić information content (AvgIpc) is 3.19. The number of carbonyl (C=O) groups is 3. The van der Waals surface area contributed by atoms with E-state index in [0.717, 1.165) is 15.0 Å². The molecule has 2 aromatic carbocycles. The molecule has 1 aromatic heterocycles. The van der Waals surface area contributed by atoms with Crippen molar-refractivity contribution in [3.8, 4) is 0 Å². The second-order valence-corrected chi connectivity index (χ2v) is 7.86. The van der Waals surface area contributed by atoms with Gasteiger partial charge in [-0.05, 0) is 54.3 Å². The maximum atomic E-state index is 13.3. The van der Waals surface area contributed by atoms with Crippen LogP contribution in [0.2, 0.25) is 0 Å². The smallest absolute Gasteiger partial charge is 0.322 e. The molecule has 1 fully saturated rings. The van der Waals surface area contributed by atoms with Gasteiger partial charge in [-0.2, -0.15) is 0 Å². The summed E-state index contributed by atoms with van der Waals surface area (Å²) in [5, 5.41) is 8.41. The molecule has 28 heavy (non-hydrogen) atoms. The Kier molecular flexibility index (Phi) is 4.35. The molecule has 0 unspecified atom stereocenters. The third-order valence-corrected chi connectivity index (χ3v) is 5.82. The van der Waals surface area contributed by atoms with Crippen molar-refractivity contribution >= 4 is 39.3 Å². The van der Waals surface area contributed by atoms with Gasteiger partial charge in [0.1, 0.15) is 11.4 Å². The van der Waals surface area contributed by atoms with Crippen LogP contribution in [0.1, 0.15) is 27.7 Å². The van der Waals surface area contributed by atoms with Crippen LogP contribution < -0.4 is 16.0 Å². The molecule has 3 N–H and O–H groups in total. The average molecular weight is 397 g/mol. The number of benzene rings is 2. The maximum Gasteiger partial charge on any atom is 0.322 e. The van der Waals surface area contributed by atoms with Crippen molar-refractivity contribution in [1.29, 1.82) is 0 Å². The standard InChI is InChI=1S/C20H16FN3O3S/c1-20(18(26)23-19(27)24-20)13-4-2-3-11(7-13)17(25)22-10-15-9-12-8-14(21)5-6-16(12)28-15/h2-9H,10H2,1H3,(H,22,25)(H2,23,24,26,27)/t20-/m1/s1. The van der Waals surface area contributed by atoms with Crippen molar-refractivity contribution in [1.82, 2.24) is 16.0 Å². The number of amides is 4. The Morgan fingerprint density at radius 2 is 2.00 bits per heavy atom. The van der Waals surface area contributed by atoms with Gasteiger partial charge in [-0.25, -0.2) is 9.18 Å². The van der Waals surface area contributed by atoms with Crippen LogP contribution in [0.25, 0.3) is 10.1 Å². The van der Waals surface area contributed by atoms with E-state index < -0.39 is 17.5 Å². The topological polar surface area (TPSA) is 87.3 Å². The number of rotatable bonds is 4. The molecule has 1 atom stereocenters. The van der Waals surface area contributed by atoms with E-state index in [9.17, 15) is 18.8 Å². The van der Waals surface area contributed by atoms with Gasteiger partial charge in [0.05, 0.1) is 6.54 Å². The molecule has 0 bridgehead atoms. The molecule has 0 radical (unpaired) electrons. The fraction of sp³-hybridized carbons (Fsp3) is 0.150. The van der Waals surface area contributed by atoms with E-state index >= 15 is 0 Å². The third-order valence-electron chi connectivity index (χ3n) is 4.70. The molecule has 4 rings (SSSR count). The number of nitrogens with one attached hydrogen (secondary N) is 3. The Bertz CT molecular complexity index is 1130. The summed E-state index contributed by atoms with van der Waals surface area (Å²) in [5.74, 6) is -1.07. The molecule has 1 aliphatic heterocycles. The van der Waals surface area contributed by atoms with Crippen LogP contribution in [-0.4, -0.2) is 17.8 Å². The van der Waals surface area contributed by atoms with Crippen molar-refractivity contribution < 1.29 is 18.8 Å². The number of imide groups is 1. The highest BCUT2D eigenvalue weighted by Gasteiger charge is 2.43. The highest BCUT2D eigenvalue weighted by molar-refractivity contribution is 7.19. The van der Waals surface area contributed by atoms with Gasteiger partial charge in [0.2, 0.25) is 0 Å². The van der Waals surface area contributed by atoms with Crippen LogP contribution in [0, 0.1) is 5.82 Å². The third kappa shape index (κ3) is 3.22. The molecular formula is C20H16FN3O3S. The quantitative estimate of drug-likeness (QED) is 0.592. The monoisotopic (exact) mass is 397 g/mol. The molecule has 0 saturated carbocycles. The van der Waals surface area contributed by atoms with Crippen molar-refractivity contribution in [3.63, 3.8) is 0 Å². The lowest BCUT2D eigenvalue weighted by Crippen LogP contribution is -2.40. The summed E-state index contributed by atoms with van der Waals surface area (Å²) < 4.78 is 14.3. The minimum Gasteiger partial charge on any atom is -0.347 e. The summed E-state index contributed by atoms with van der Waals surface area (Å²) in [5.41, 5.74) is -0.330. The van der Waals surface area contributed by atoms with Crippen LogP contribution in [0.5, 0.6) is 0 Å². The summed E-state index contributed by atoms with van der Waals surface area (Å²) in [6.45, 7) is 1.89. The Hall–Kier alpha value is -3.26. The van der Waals surface area contributed by atoms with Crippen molar-refractivity contribution in [3.05, 3.63) is 70.4 Å². The number of thiophene rings is 1. The van der Waals surface area contributed by atoms with E-state index in [2.05, 4.69) is 16.0 Å². The van der Waals surface area contributed by atoms with E-state index in [1.54, 1.807) is 37.3 Å². The molecule has 1 aliphatic rings. The molecule has 4 amide bonds. The van der Waals surface area contributed by atoms with Crippen molar-refractivity contribution in [2.24, 2.45) is 0 Å². The Balaban J connectivity index is 1.50. The summed E-state index contributed by atoms with van der Waals surface area (Å²) in [7, 11) is 0. The SMILES string of the molecule is C[C@]1(c2cccc(C(=O)NCc3cc4cc(F)ccc4s3)c2)NC(=O)NC1=O. The maximum absolute atomic E-state index is 13.3. The van der Waals surface area contributed by atoms with E-state index in [4.69, 9.17) is 0 Å². The Labute approximate surface area is 163 Å². The highest BCUT2D eigenvalue weighted by atomic mass is 32.1. The first-order chi connectivity index (χ1) is 13.3. The number of halogens is 1. The molecule has 2 heterocycles. The van der Waals surface area contributed by atoms with Gasteiger partial charge in [-0.3, -0.25) is 14.9 Å². The molecule has 0 spiro atoms. The number of hydrogen-bond acceptors (Lipinski definition) is 4. The van der Waals surface area contributed by atoms with Gasteiger partial charge in [0, 0.05) is 15.1 Å². The number of urea groups is 1. The van der Waals surface area contributed by atoms with E-state index in [0.29, 0.717) is 17.7 Å². The van der Waals surface area contributed by atoms with E-state index in [1.165, 1.54) is 23.5 Å². The zero-order valence-electron chi connectivity index (χ0n) is 14.8. The lowest BCUT2D eigenvalue weighted by atomic mass is 9.91. The molecule has 0 aliphatic carbocycles. The lowest BCUT2D eigenvalue weighted by molar-refractivity contribution is -0.123. The summed E-state index contributed by atoms with van der Waals surface area (Å²) in [6.07, 6.45) is 0. The van der Waals surface area contributed by atoms with E-state index in [-0.39, 0.29) is 11.7 Å². The van der Waals surface area contributed by atoms with Gasteiger partial charge >= 0.3 is 6.03 Å². The van der Waals surface area contributed by atoms with Crippen LogP contribution in [0.4, 0.5) is 9.18 Å². The minimum atomic E-state index is -1.22. The largest absolute Gasteiger partial charge is 0.347 e. The predicted octanol–water partition coefficient (Wildman–Crippen LogP) is 3.03. The second-order valence-electron chi connectivity index (χ2n) is 6.69. The van der Waals surface area contributed by atoms with Gasteiger partial charge in [0.15, 0.2) is 0 Å². The predicted molar refractivity (Wildman–Crippen MR) is 103 cm³/mol. The number of hydrogen-bond donors (Lipinski definition) is 3. The minimum absolute atomic E-state index is 0.297. The number of carbonyl (C=O) groups excluding carboxylic acids is 3. The van der Waals surface area contributed by atoms with Gasteiger partial charge in [-0.1, -0.05) is 12.1 Å². The zero-order chi connectivity index (χ0) is 19.9. The second kappa shape index (κ2) is 6.72.